The number of rotatable bonds is 6. The normalized spacial score (nSPS) is 13.6. The molecule has 1 unspecified atom stereocenters. The molecular formula is C14H17ClF3Si. The van der Waals surface area contributed by atoms with Crippen molar-refractivity contribution < 1.29 is 13.2 Å². The SMILES string of the molecule is C=C[Si](C)CCCC(Cl)c1ccccc1C(F)(F)F. The summed E-state index contributed by atoms with van der Waals surface area (Å²) in [5.74, 6) is 0. The van der Waals surface area contributed by atoms with Crippen LogP contribution in [0.25, 0.3) is 0 Å². The van der Waals surface area contributed by atoms with Crippen molar-refractivity contribution in [3.63, 3.8) is 0 Å². The Morgan fingerprint density at radius 2 is 2.00 bits per heavy atom. The zero-order chi connectivity index (χ0) is 14.5. The largest absolute Gasteiger partial charge is 0.416 e. The van der Waals surface area contributed by atoms with Crippen LogP contribution in [0.4, 0.5) is 13.2 Å². The van der Waals surface area contributed by atoms with Gasteiger partial charge in [-0.2, -0.15) is 13.2 Å². The lowest BCUT2D eigenvalue weighted by atomic mass is 10.0. The van der Waals surface area contributed by atoms with Crippen LogP contribution in [-0.4, -0.2) is 8.80 Å². The molecule has 5 heteroatoms. The predicted molar refractivity (Wildman–Crippen MR) is 75.9 cm³/mol. The summed E-state index contributed by atoms with van der Waals surface area (Å²) >= 11 is 6.13. The number of hydrogen-bond acceptors (Lipinski definition) is 0. The summed E-state index contributed by atoms with van der Waals surface area (Å²) in [6.07, 6.45) is -2.95. The number of hydrogen-bond donors (Lipinski definition) is 0. The van der Waals surface area contributed by atoms with Crippen LogP contribution in [0.2, 0.25) is 12.6 Å². The quantitative estimate of drug-likeness (QED) is 0.473. The lowest BCUT2D eigenvalue weighted by Gasteiger charge is -2.17. The second-order valence-corrected chi connectivity index (χ2v) is 7.62. The molecule has 0 fully saturated rings. The molecule has 1 atom stereocenters. The summed E-state index contributed by atoms with van der Waals surface area (Å²) in [7, 11) is -0.561. The Bertz CT molecular complexity index is 417. The molecule has 0 N–H and O–H groups in total. The molecule has 0 heterocycles. The Morgan fingerprint density at radius 1 is 1.37 bits per heavy atom. The van der Waals surface area contributed by atoms with E-state index in [9.17, 15) is 13.2 Å². The van der Waals surface area contributed by atoms with Gasteiger partial charge in [-0.15, -0.1) is 23.9 Å². The number of alkyl halides is 4. The van der Waals surface area contributed by atoms with Gasteiger partial charge in [-0.3, -0.25) is 0 Å². The van der Waals surface area contributed by atoms with Crippen molar-refractivity contribution in [2.75, 3.05) is 0 Å². The van der Waals surface area contributed by atoms with Crippen LogP contribution >= 0.6 is 11.6 Å². The van der Waals surface area contributed by atoms with Crippen molar-refractivity contribution in [2.45, 2.75) is 37.0 Å². The minimum absolute atomic E-state index is 0.181. The molecule has 0 amide bonds. The molecular weight excluding hydrogens is 289 g/mol. The van der Waals surface area contributed by atoms with Gasteiger partial charge in [0.05, 0.1) is 19.7 Å². The van der Waals surface area contributed by atoms with E-state index in [-0.39, 0.29) is 5.56 Å². The van der Waals surface area contributed by atoms with E-state index >= 15 is 0 Å². The van der Waals surface area contributed by atoms with E-state index in [2.05, 4.69) is 13.1 Å². The molecule has 19 heavy (non-hydrogen) atoms. The highest BCUT2D eigenvalue weighted by molar-refractivity contribution is 6.62. The first-order valence-corrected chi connectivity index (χ1v) is 8.83. The molecule has 1 rings (SSSR count). The van der Waals surface area contributed by atoms with Crippen LogP contribution in [-0.2, 0) is 6.18 Å². The molecule has 1 aromatic rings. The van der Waals surface area contributed by atoms with Gasteiger partial charge in [-0.1, -0.05) is 37.2 Å². The summed E-state index contributed by atoms with van der Waals surface area (Å²) in [4.78, 5) is 0. The third-order valence-electron chi connectivity index (χ3n) is 2.98. The van der Waals surface area contributed by atoms with Crippen molar-refractivity contribution >= 4 is 20.4 Å². The summed E-state index contributed by atoms with van der Waals surface area (Å²) in [6.45, 7) is 5.86. The van der Waals surface area contributed by atoms with Crippen LogP contribution in [0.3, 0.4) is 0 Å². The standard InChI is InChI=1S/C14H17ClF3Si/c1-3-19(2)10-6-9-13(15)11-7-4-5-8-12(11)14(16,17)18/h3-5,7-8,13H,1,6,9-10H2,2H3. The third kappa shape index (κ3) is 5.03. The van der Waals surface area contributed by atoms with Crippen molar-refractivity contribution in [1.29, 1.82) is 0 Å². The van der Waals surface area contributed by atoms with Gasteiger partial charge in [0.15, 0.2) is 0 Å². The number of halogens is 4. The fourth-order valence-corrected chi connectivity index (χ4v) is 3.16. The summed E-state index contributed by atoms with van der Waals surface area (Å²) in [5.41, 5.74) is 1.50. The molecule has 0 nitrogen and oxygen atoms in total. The van der Waals surface area contributed by atoms with Gasteiger partial charge in [0.1, 0.15) is 0 Å². The van der Waals surface area contributed by atoms with Crippen LogP contribution in [0.5, 0.6) is 0 Å². The van der Waals surface area contributed by atoms with Gasteiger partial charge in [-0.05, 0) is 18.1 Å². The highest BCUT2D eigenvalue weighted by Gasteiger charge is 2.34. The predicted octanol–water partition coefficient (Wildman–Crippen LogP) is 5.62. The molecule has 0 saturated carbocycles. The maximum atomic E-state index is 12.8. The van der Waals surface area contributed by atoms with Gasteiger partial charge in [0.2, 0.25) is 0 Å². The van der Waals surface area contributed by atoms with Crippen LogP contribution in [0.15, 0.2) is 36.5 Å². The smallest absolute Gasteiger partial charge is 0.166 e. The molecule has 1 aromatic carbocycles. The van der Waals surface area contributed by atoms with E-state index in [1.165, 1.54) is 12.1 Å². The van der Waals surface area contributed by atoms with Gasteiger partial charge >= 0.3 is 6.18 Å². The second-order valence-electron chi connectivity index (χ2n) is 4.50. The van der Waals surface area contributed by atoms with Crippen molar-refractivity contribution in [1.82, 2.24) is 0 Å². The highest BCUT2D eigenvalue weighted by Crippen LogP contribution is 2.38. The molecule has 0 spiro atoms. The highest BCUT2D eigenvalue weighted by atomic mass is 35.5. The third-order valence-corrected chi connectivity index (χ3v) is 5.27. The van der Waals surface area contributed by atoms with E-state index < -0.39 is 25.9 Å². The average Bonchev–Trinajstić information content (AvgIpc) is 2.37. The summed E-state index contributed by atoms with van der Waals surface area (Å²) < 4.78 is 38.5. The zero-order valence-electron chi connectivity index (χ0n) is 10.8. The molecule has 0 saturated heterocycles. The van der Waals surface area contributed by atoms with E-state index in [4.69, 9.17) is 11.6 Å². The Labute approximate surface area is 118 Å². The Balaban J connectivity index is 2.72. The minimum Gasteiger partial charge on any atom is -0.166 e. The van der Waals surface area contributed by atoms with E-state index in [1.807, 2.05) is 5.70 Å². The second kappa shape index (κ2) is 7.15. The molecule has 0 aromatic heterocycles. The Kier molecular flexibility index (Phi) is 6.14. The molecule has 1 radical (unpaired) electrons. The first-order chi connectivity index (χ1) is 8.86. The first kappa shape index (κ1) is 16.3. The van der Waals surface area contributed by atoms with E-state index in [0.717, 1.165) is 18.5 Å². The van der Waals surface area contributed by atoms with Crippen molar-refractivity contribution in [2.24, 2.45) is 0 Å². The van der Waals surface area contributed by atoms with E-state index in [0.29, 0.717) is 6.42 Å². The fourth-order valence-electron chi connectivity index (χ4n) is 1.85. The summed E-state index contributed by atoms with van der Waals surface area (Å²) in [6, 6.07) is 6.53. The topological polar surface area (TPSA) is 0 Å². The monoisotopic (exact) mass is 305 g/mol. The van der Waals surface area contributed by atoms with Crippen molar-refractivity contribution in [3.8, 4) is 0 Å². The summed E-state index contributed by atoms with van der Waals surface area (Å²) in [5, 5.41) is -0.586. The van der Waals surface area contributed by atoms with Gasteiger partial charge in [-0.25, -0.2) is 0 Å². The van der Waals surface area contributed by atoms with Crippen LogP contribution < -0.4 is 0 Å². The van der Waals surface area contributed by atoms with E-state index in [1.54, 1.807) is 6.07 Å². The molecule has 105 valence electrons. The lowest BCUT2D eigenvalue weighted by Crippen LogP contribution is -2.10. The van der Waals surface area contributed by atoms with Crippen LogP contribution in [0.1, 0.15) is 29.3 Å². The van der Waals surface area contributed by atoms with Crippen molar-refractivity contribution in [3.05, 3.63) is 47.7 Å². The average molecular weight is 306 g/mol. The Morgan fingerprint density at radius 3 is 2.58 bits per heavy atom. The number of benzene rings is 1. The van der Waals surface area contributed by atoms with Crippen LogP contribution in [0, 0.1) is 0 Å². The van der Waals surface area contributed by atoms with Gasteiger partial charge in [0.25, 0.3) is 0 Å². The van der Waals surface area contributed by atoms with Gasteiger partial charge in [0, 0.05) is 0 Å². The Hall–Kier alpha value is -0.743. The first-order valence-electron chi connectivity index (χ1n) is 6.11. The molecule has 0 aliphatic heterocycles. The van der Waals surface area contributed by atoms with Gasteiger partial charge < -0.3 is 0 Å². The maximum Gasteiger partial charge on any atom is 0.416 e. The molecule has 0 bridgehead atoms. The minimum atomic E-state index is -4.34. The zero-order valence-corrected chi connectivity index (χ0v) is 12.6. The maximum absolute atomic E-state index is 12.8. The lowest BCUT2D eigenvalue weighted by molar-refractivity contribution is -0.138. The molecule has 0 aliphatic rings. The molecule has 0 aliphatic carbocycles. The fraction of sp³-hybridized carbons (Fsp3) is 0.429.